The molecule has 0 heterocycles. The van der Waals surface area contributed by atoms with Crippen molar-refractivity contribution in [2.24, 2.45) is 0 Å². The predicted molar refractivity (Wildman–Crippen MR) is 60.8 cm³/mol. The van der Waals surface area contributed by atoms with Gasteiger partial charge in [0, 0.05) is 6.04 Å². The van der Waals surface area contributed by atoms with Crippen molar-refractivity contribution in [3.05, 3.63) is 34.9 Å². The third-order valence-corrected chi connectivity index (χ3v) is 3.57. The largest absolute Gasteiger partial charge is 0.317 e. The van der Waals surface area contributed by atoms with Crippen molar-refractivity contribution in [2.45, 2.75) is 38.6 Å². The number of fused-ring (bicyclic) bond motifs is 1. The Bertz CT molecular complexity index is 330. The number of likely N-dealkylation sites (N-methyl/N-ethyl adjacent to an activating group) is 1. The van der Waals surface area contributed by atoms with Crippen LogP contribution >= 0.6 is 0 Å². The molecule has 0 fully saturated rings. The van der Waals surface area contributed by atoms with Crippen LogP contribution in [0.2, 0.25) is 0 Å². The Morgan fingerprint density at radius 1 is 1.43 bits per heavy atom. The fourth-order valence-electron chi connectivity index (χ4n) is 2.65. The van der Waals surface area contributed by atoms with E-state index in [1.54, 1.807) is 11.1 Å². The molecule has 1 aromatic rings. The second kappa shape index (κ2) is 3.74. The molecule has 0 saturated carbocycles. The molecule has 1 aliphatic carbocycles. The van der Waals surface area contributed by atoms with Gasteiger partial charge in [-0.1, -0.05) is 18.2 Å². The van der Waals surface area contributed by atoms with Crippen LogP contribution in [0.25, 0.3) is 0 Å². The van der Waals surface area contributed by atoms with Gasteiger partial charge < -0.3 is 5.32 Å². The highest BCUT2D eigenvalue weighted by molar-refractivity contribution is 5.41. The van der Waals surface area contributed by atoms with Crippen LogP contribution in [0.15, 0.2) is 18.2 Å². The van der Waals surface area contributed by atoms with Gasteiger partial charge in [0.25, 0.3) is 0 Å². The first kappa shape index (κ1) is 9.72. The van der Waals surface area contributed by atoms with E-state index in [4.69, 9.17) is 0 Å². The number of hydrogen-bond acceptors (Lipinski definition) is 1. The van der Waals surface area contributed by atoms with Gasteiger partial charge in [0.1, 0.15) is 0 Å². The summed E-state index contributed by atoms with van der Waals surface area (Å²) in [6.07, 6.45) is 2.57. The van der Waals surface area contributed by atoms with Gasteiger partial charge in [-0.2, -0.15) is 0 Å². The molecule has 0 aliphatic heterocycles. The SMILES string of the molecule is CNC(C)C1CCc2cccc(C)c21. The first-order valence-electron chi connectivity index (χ1n) is 5.49. The predicted octanol–water partition coefficient (Wildman–Crippen LogP) is 2.63. The zero-order valence-electron chi connectivity index (χ0n) is 9.30. The van der Waals surface area contributed by atoms with E-state index in [2.05, 4.69) is 44.4 Å². The molecular weight excluding hydrogens is 170 g/mol. The Morgan fingerprint density at radius 3 is 2.93 bits per heavy atom. The molecule has 1 heteroatoms. The second-order valence-corrected chi connectivity index (χ2v) is 4.37. The van der Waals surface area contributed by atoms with Gasteiger partial charge in [0.15, 0.2) is 0 Å². The fourth-order valence-corrected chi connectivity index (χ4v) is 2.65. The topological polar surface area (TPSA) is 12.0 Å². The monoisotopic (exact) mass is 189 g/mol. The minimum absolute atomic E-state index is 0.595. The van der Waals surface area contributed by atoms with Crippen LogP contribution in [0.4, 0.5) is 0 Å². The number of benzene rings is 1. The number of rotatable bonds is 2. The molecule has 0 saturated heterocycles. The van der Waals surface area contributed by atoms with E-state index in [1.807, 2.05) is 0 Å². The quantitative estimate of drug-likeness (QED) is 0.754. The smallest absolute Gasteiger partial charge is 0.0105 e. The van der Waals surface area contributed by atoms with Crippen LogP contribution in [0.5, 0.6) is 0 Å². The molecule has 0 bridgehead atoms. The summed E-state index contributed by atoms with van der Waals surface area (Å²) in [5, 5.41) is 3.37. The Hall–Kier alpha value is -0.820. The maximum atomic E-state index is 3.37. The Balaban J connectivity index is 2.38. The molecular formula is C13H19N. The average molecular weight is 189 g/mol. The lowest BCUT2D eigenvalue weighted by Gasteiger charge is -2.21. The van der Waals surface area contributed by atoms with Gasteiger partial charge in [-0.15, -0.1) is 0 Å². The third-order valence-electron chi connectivity index (χ3n) is 3.57. The maximum Gasteiger partial charge on any atom is 0.0105 e. The number of aryl methyl sites for hydroxylation is 2. The summed E-state index contributed by atoms with van der Waals surface area (Å²) in [6, 6.07) is 7.29. The lowest BCUT2D eigenvalue weighted by molar-refractivity contribution is 0.491. The maximum absolute atomic E-state index is 3.37. The summed E-state index contributed by atoms with van der Waals surface area (Å²) in [5.74, 6) is 0.719. The lowest BCUT2D eigenvalue weighted by Crippen LogP contribution is -2.27. The molecule has 0 radical (unpaired) electrons. The van der Waals surface area contributed by atoms with Gasteiger partial charge in [0.05, 0.1) is 0 Å². The first-order chi connectivity index (χ1) is 6.74. The highest BCUT2D eigenvalue weighted by atomic mass is 14.9. The standard InChI is InChI=1S/C13H19N/c1-9-5-4-6-11-7-8-12(13(9)11)10(2)14-3/h4-6,10,12,14H,7-8H2,1-3H3. The zero-order chi connectivity index (χ0) is 10.1. The Labute approximate surface area is 86.5 Å². The van der Waals surface area contributed by atoms with Crippen LogP contribution in [-0.4, -0.2) is 13.1 Å². The number of nitrogens with one attached hydrogen (secondary N) is 1. The van der Waals surface area contributed by atoms with Crippen molar-refractivity contribution in [1.29, 1.82) is 0 Å². The summed E-state index contributed by atoms with van der Waals surface area (Å²) in [4.78, 5) is 0. The average Bonchev–Trinajstić information content (AvgIpc) is 2.62. The van der Waals surface area contributed by atoms with E-state index in [0.717, 1.165) is 5.92 Å². The molecule has 2 rings (SSSR count). The summed E-state index contributed by atoms with van der Waals surface area (Å²) in [5.41, 5.74) is 4.64. The van der Waals surface area contributed by atoms with Crippen LogP contribution in [-0.2, 0) is 6.42 Å². The second-order valence-electron chi connectivity index (χ2n) is 4.37. The van der Waals surface area contributed by atoms with Crippen molar-refractivity contribution in [1.82, 2.24) is 5.32 Å². The summed E-state index contributed by atoms with van der Waals surface area (Å²) < 4.78 is 0. The van der Waals surface area contributed by atoms with Crippen molar-refractivity contribution in [3.8, 4) is 0 Å². The highest BCUT2D eigenvalue weighted by Crippen LogP contribution is 2.37. The lowest BCUT2D eigenvalue weighted by atomic mass is 9.91. The van der Waals surface area contributed by atoms with E-state index in [1.165, 1.54) is 18.4 Å². The van der Waals surface area contributed by atoms with E-state index < -0.39 is 0 Å². The van der Waals surface area contributed by atoms with Crippen molar-refractivity contribution >= 4 is 0 Å². The van der Waals surface area contributed by atoms with Crippen LogP contribution in [0, 0.1) is 6.92 Å². The van der Waals surface area contributed by atoms with Gasteiger partial charge in [-0.05, 0) is 56.3 Å². The Kier molecular flexibility index (Phi) is 2.60. The molecule has 1 nitrogen and oxygen atoms in total. The van der Waals surface area contributed by atoms with E-state index in [0.29, 0.717) is 6.04 Å². The van der Waals surface area contributed by atoms with Crippen molar-refractivity contribution < 1.29 is 0 Å². The normalized spacial score (nSPS) is 22.1. The molecule has 1 aliphatic rings. The summed E-state index contributed by atoms with van der Waals surface area (Å²) in [7, 11) is 2.06. The molecule has 0 amide bonds. The van der Waals surface area contributed by atoms with Gasteiger partial charge >= 0.3 is 0 Å². The molecule has 14 heavy (non-hydrogen) atoms. The fraction of sp³-hybridized carbons (Fsp3) is 0.538. The molecule has 2 atom stereocenters. The molecule has 1 aromatic carbocycles. The third kappa shape index (κ3) is 1.46. The van der Waals surface area contributed by atoms with Gasteiger partial charge in [0.2, 0.25) is 0 Å². The molecule has 1 N–H and O–H groups in total. The first-order valence-corrected chi connectivity index (χ1v) is 5.49. The van der Waals surface area contributed by atoms with Crippen LogP contribution < -0.4 is 5.32 Å². The molecule has 0 aromatic heterocycles. The zero-order valence-corrected chi connectivity index (χ0v) is 9.30. The summed E-state index contributed by atoms with van der Waals surface area (Å²) in [6.45, 7) is 4.52. The molecule has 76 valence electrons. The van der Waals surface area contributed by atoms with Gasteiger partial charge in [-0.25, -0.2) is 0 Å². The van der Waals surface area contributed by atoms with Crippen molar-refractivity contribution in [3.63, 3.8) is 0 Å². The summed E-state index contributed by atoms with van der Waals surface area (Å²) >= 11 is 0. The van der Waals surface area contributed by atoms with Crippen molar-refractivity contribution in [2.75, 3.05) is 7.05 Å². The van der Waals surface area contributed by atoms with E-state index in [9.17, 15) is 0 Å². The number of hydrogen-bond donors (Lipinski definition) is 1. The minimum atomic E-state index is 0.595. The van der Waals surface area contributed by atoms with Crippen LogP contribution in [0.1, 0.15) is 36.0 Å². The molecule has 0 spiro atoms. The highest BCUT2D eigenvalue weighted by Gasteiger charge is 2.27. The van der Waals surface area contributed by atoms with Gasteiger partial charge in [-0.3, -0.25) is 0 Å². The molecule has 2 unspecified atom stereocenters. The van der Waals surface area contributed by atoms with Crippen LogP contribution in [0.3, 0.4) is 0 Å². The minimum Gasteiger partial charge on any atom is -0.317 e. The Morgan fingerprint density at radius 2 is 2.21 bits per heavy atom. The van der Waals surface area contributed by atoms with E-state index in [-0.39, 0.29) is 0 Å². The van der Waals surface area contributed by atoms with E-state index >= 15 is 0 Å².